The van der Waals surface area contributed by atoms with E-state index in [4.69, 9.17) is 0 Å². The predicted molar refractivity (Wildman–Crippen MR) is 72.1 cm³/mol. The maximum atomic E-state index is 4.38. The number of anilines is 1. The molecule has 2 aliphatic rings. The van der Waals surface area contributed by atoms with E-state index in [9.17, 15) is 0 Å². The Morgan fingerprint density at radius 3 is 3.21 bits per heavy atom. The highest BCUT2D eigenvalue weighted by Gasteiger charge is 2.37. The summed E-state index contributed by atoms with van der Waals surface area (Å²) in [4.78, 5) is 11.1. The van der Waals surface area contributed by atoms with Crippen LogP contribution in [0.2, 0.25) is 0 Å². The van der Waals surface area contributed by atoms with Crippen LogP contribution in [0.5, 0.6) is 0 Å². The van der Waals surface area contributed by atoms with Crippen molar-refractivity contribution in [3.8, 4) is 0 Å². The van der Waals surface area contributed by atoms with Crippen LogP contribution in [0.4, 0.5) is 5.82 Å². The van der Waals surface area contributed by atoms with E-state index in [-0.39, 0.29) is 0 Å². The first-order valence-corrected chi connectivity index (χ1v) is 6.99. The van der Waals surface area contributed by atoms with Crippen LogP contribution < -0.4 is 5.32 Å². The lowest BCUT2D eigenvalue weighted by Gasteiger charge is -2.22. The van der Waals surface area contributed by atoms with Gasteiger partial charge in [0.05, 0.1) is 0 Å². The van der Waals surface area contributed by atoms with Gasteiger partial charge >= 0.3 is 0 Å². The lowest BCUT2D eigenvalue weighted by molar-refractivity contribution is 0.318. The molecule has 0 aromatic carbocycles. The van der Waals surface area contributed by atoms with E-state index in [2.05, 4.69) is 31.3 Å². The van der Waals surface area contributed by atoms with Crippen molar-refractivity contribution in [3.05, 3.63) is 18.1 Å². The summed E-state index contributed by atoms with van der Waals surface area (Å²) in [6, 6.07) is 3.27. The molecule has 2 saturated heterocycles. The van der Waals surface area contributed by atoms with Crippen molar-refractivity contribution in [2.45, 2.75) is 38.3 Å². The largest absolute Gasteiger partial charge is 0.365 e. The molecule has 2 aromatic rings. The van der Waals surface area contributed by atoms with E-state index < -0.39 is 0 Å². The summed E-state index contributed by atoms with van der Waals surface area (Å²) in [5.41, 5.74) is 0.976. The fraction of sp³-hybridized carbons (Fsp3) is 0.615. The molecule has 0 saturated carbocycles. The van der Waals surface area contributed by atoms with Crippen LogP contribution >= 0.6 is 0 Å². The Morgan fingerprint density at radius 2 is 2.26 bits per heavy atom. The van der Waals surface area contributed by atoms with Crippen molar-refractivity contribution in [1.82, 2.24) is 24.5 Å². The van der Waals surface area contributed by atoms with Gasteiger partial charge in [-0.25, -0.2) is 4.98 Å². The summed E-state index contributed by atoms with van der Waals surface area (Å²) < 4.78 is 1.80. The highest BCUT2D eigenvalue weighted by molar-refractivity contribution is 5.45. The molecule has 4 rings (SSSR count). The summed E-state index contributed by atoms with van der Waals surface area (Å²) in [7, 11) is 0. The van der Waals surface area contributed by atoms with Gasteiger partial charge in [0.25, 0.3) is 5.78 Å². The summed E-state index contributed by atoms with van der Waals surface area (Å²) in [5, 5.41) is 7.92. The van der Waals surface area contributed by atoms with Crippen LogP contribution in [0, 0.1) is 6.92 Å². The van der Waals surface area contributed by atoms with E-state index in [1.807, 2.05) is 6.92 Å². The van der Waals surface area contributed by atoms with E-state index in [1.165, 1.54) is 32.4 Å². The number of hydrogen-bond donors (Lipinski definition) is 1. The van der Waals surface area contributed by atoms with E-state index in [1.54, 1.807) is 10.8 Å². The Balaban J connectivity index is 1.66. The third-order valence-electron chi connectivity index (χ3n) is 4.32. The smallest absolute Gasteiger partial charge is 0.254 e. The molecular weight excluding hydrogens is 240 g/mol. The summed E-state index contributed by atoms with van der Waals surface area (Å²) in [5.74, 6) is 1.68. The van der Waals surface area contributed by atoms with Crippen molar-refractivity contribution in [2.24, 2.45) is 0 Å². The number of hydrogen-bond acceptors (Lipinski definition) is 5. The van der Waals surface area contributed by atoms with E-state index >= 15 is 0 Å². The molecule has 0 bridgehead atoms. The zero-order valence-corrected chi connectivity index (χ0v) is 11.1. The van der Waals surface area contributed by atoms with Crippen LogP contribution in [0.15, 0.2) is 12.4 Å². The number of nitrogens with zero attached hydrogens (tertiary/aromatic N) is 5. The second kappa shape index (κ2) is 4.16. The molecule has 2 unspecified atom stereocenters. The molecular formula is C13H18N6. The highest BCUT2D eigenvalue weighted by atomic mass is 15.4. The van der Waals surface area contributed by atoms with Gasteiger partial charge in [0.2, 0.25) is 0 Å². The monoisotopic (exact) mass is 258 g/mol. The SMILES string of the molecule is Cc1cc(NC2CCN3CCCC23)n2ncnc2n1. The number of nitrogens with one attached hydrogen (secondary N) is 1. The minimum Gasteiger partial charge on any atom is -0.365 e. The quantitative estimate of drug-likeness (QED) is 0.873. The van der Waals surface area contributed by atoms with Gasteiger partial charge in [-0.1, -0.05) is 0 Å². The van der Waals surface area contributed by atoms with Crippen LogP contribution in [-0.2, 0) is 0 Å². The van der Waals surface area contributed by atoms with Crippen LogP contribution in [0.25, 0.3) is 5.78 Å². The average Bonchev–Trinajstić information content (AvgIpc) is 3.05. The van der Waals surface area contributed by atoms with Crippen LogP contribution in [0.3, 0.4) is 0 Å². The average molecular weight is 258 g/mol. The maximum absolute atomic E-state index is 4.38. The van der Waals surface area contributed by atoms with Crippen molar-refractivity contribution >= 4 is 11.6 Å². The van der Waals surface area contributed by atoms with Gasteiger partial charge in [-0.2, -0.15) is 14.6 Å². The fourth-order valence-electron chi connectivity index (χ4n) is 3.47. The number of fused-ring (bicyclic) bond motifs is 2. The highest BCUT2D eigenvalue weighted by Crippen LogP contribution is 2.30. The molecule has 0 aliphatic carbocycles. The normalized spacial score (nSPS) is 27.0. The Kier molecular flexibility index (Phi) is 2.44. The van der Waals surface area contributed by atoms with Crippen molar-refractivity contribution in [3.63, 3.8) is 0 Å². The lowest BCUT2D eigenvalue weighted by Crippen LogP contribution is -2.34. The molecule has 2 fully saturated rings. The zero-order valence-electron chi connectivity index (χ0n) is 11.1. The molecule has 2 aliphatic heterocycles. The number of aryl methyl sites for hydroxylation is 1. The molecule has 100 valence electrons. The molecule has 6 nitrogen and oxygen atoms in total. The third kappa shape index (κ3) is 1.78. The minimum absolute atomic E-state index is 0.525. The molecule has 0 spiro atoms. The standard InChI is InChI=1S/C13H18N6/c1-9-7-12(19-13(16-9)14-8-15-19)17-10-4-6-18-5-2-3-11(10)18/h7-8,10-11,17H,2-6H2,1H3. The van der Waals surface area contributed by atoms with Gasteiger partial charge in [-0.15, -0.1) is 0 Å². The summed E-state index contributed by atoms with van der Waals surface area (Å²) in [6.07, 6.45) is 5.41. The Labute approximate surface area is 111 Å². The molecule has 0 radical (unpaired) electrons. The molecule has 1 N–H and O–H groups in total. The van der Waals surface area contributed by atoms with Gasteiger partial charge < -0.3 is 5.32 Å². The van der Waals surface area contributed by atoms with Crippen LogP contribution in [0.1, 0.15) is 25.0 Å². The van der Waals surface area contributed by atoms with Crippen LogP contribution in [-0.4, -0.2) is 49.7 Å². The molecule has 19 heavy (non-hydrogen) atoms. The predicted octanol–water partition coefficient (Wildman–Crippen LogP) is 1.08. The molecule has 4 heterocycles. The minimum atomic E-state index is 0.525. The van der Waals surface area contributed by atoms with Crippen molar-refractivity contribution in [1.29, 1.82) is 0 Å². The number of rotatable bonds is 2. The van der Waals surface area contributed by atoms with Gasteiger partial charge in [-0.3, -0.25) is 4.90 Å². The van der Waals surface area contributed by atoms with Gasteiger partial charge in [0.15, 0.2) is 0 Å². The van der Waals surface area contributed by atoms with Crippen molar-refractivity contribution in [2.75, 3.05) is 18.4 Å². The van der Waals surface area contributed by atoms with Gasteiger partial charge in [0, 0.05) is 30.4 Å². The first kappa shape index (κ1) is 11.2. The Morgan fingerprint density at radius 1 is 1.32 bits per heavy atom. The molecule has 0 amide bonds. The Bertz CT molecular complexity index is 606. The molecule has 2 aromatic heterocycles. The summed E-state index contributed by atoms with van der Waals surface area (Å²) >= 11 is 0. The summed E-state index contributed by atoms with van der Waals surface area (Å²) in [6.45, 7) is 4.47. The maximum Gasteiger partial charge on any atom is 0.254 e. The third-order valence-corrected chi connectivity index (χ3v) is 4.32. The second-order valence-electron chi connectivity index (χ2n) is 5.54. The van der Waals surface area contributed by atoms with Gasteiger partial charge in [-0.05, 0) is 32.7 Å². The Hall–Kier alpha value is -1.69. The number of aromatic nitrogens is 4. The first-order valence-electron chi connectivity index (χ1n) is 6.99. The zero-order chi connectivity index (χ0) is 12.8. The van der Waals surface area contributed by atoms with E-state index in [0.717, 1.165) is 11.5 Å². The fourth-order valence-corrected chi connectivity index (χ4v) is 3.47. The molecule has 2 atom stereocenters. The lowest BCUT2D eigenvalue weighted by atomic mass is 10.1. The molecule has 6 heteroatoms. The second-order valence-corrected chi connectivity index (χ2v) is 5.54. The topological polar surface area (TPSA) is 58.4 Å². The van der Waals surface area contributed by atoms with Crippen molar-refractivity contribution < 1.29 is 0 Å². The van der Waals surface area contributed by atoms with Gasteiger partial charge in [0.1, 0.15) is 12.1 Å². The van der Waals surface area contributed by atoms with E-state index in [0.29, 0.717) is 17.9 Å². The first-order chi connectivity index (χ1) is 9.31.